The number of hydrogen-bond donors (Lipinski definition) is 1. The van der Waals surface area contributed by atoms with Crippen molar-refractivity contribution in [1.82, 2.24) is 14.5 Å². The number of fused-ring (bicyclic) bond motifs is 1. The van der Waals surface area contributed by atoms with E-state index in [9.17, 15) is 14.0 Å². The average Bonchev–Trinajstić information content (AvgIpc) is 3.32. The summed E-state index contributed by atoms with van der Waals surface area (Å²) in [6, 6.07) is 9.66. The first-order valence-electron chi connectivity index (χ1n) is 9.47. The van der Waals surface area contributed by atoms with Crippen molar-refractivity contribution in [1.29, 1.82) is 0 Å². The summed E-state index contributed by atoms with van der Waals surface area (Å²) < 4.78 is 22.0. The van der Waals surface area contributed by atoms with E-state index in [1.54, 1.807) is 29.7 Å². The Bertz CT molecular complexity index is 1020. The second kappa shape index (κ2) is 7.50. The Balaban J connectivity index is 1.70. The van der Waals surface area contributed by atoms with Gasteiger partial charge in [0.25, 0.3) is 0 Å². The van der Waals surface area contributed by atoms with Gasteiger partial charge in [-0.1, -0.05) is 0 Å². The van der Waals surface area contributed by atoms with E-state index in [4.69, 9.17) is 4.74 Å². The van der Waals surface area contributed by atoms with E-state index in [0.29, 0.717) is 18.2 Å². The molecule has 1 aliphatic carbocycles. The number of carbonyl (C=O) groups excluding carboxylic acids is 2. The first-order valence-corrected chi connectivity index (χ1v) is 9.47. The van der Waals surface area contributed by atoms with Gasteiger partial charge in [0.15, 0.2) is 0 Å². The van der Waals surface area contributed by atoms with Crippen molar-refractivity contribution in [2.45, 2.75) is 26.3 Å². The predicted molar refractivity (Wildman–Crippen MR) is 103 cm³/mol. The van der Waals surface area contributed by atoms with Gasteiger partial charge in [-0.25, -0.2) is 9.18 Å². The molecule has 2 aromatic heterocycles. The molecule has 1 N–H and O–H groups in total. The number of nitrogens with zero attached hydrogens (tertiary/aromatic N) is 2. The summed E-state index contributed by atoms with van der Waals surface area (Å²) in [5.41, 5.74) is 2.59. The first-order chi connectivity index (χ1) is 13.6. The van der Waals surface area contributed by atoms with Gasteiger partial charge >= 0.3 is 5.97 Å². The van der Waals surface area contributed by atoms with Crippen LogP contribution >= 0.6 is 0 Å². The first kappa shape index (κ1) is 18.3. The Morgan fingerprint density at radius 2 is 1.93 bits per heavy atom. The molecule has 7 heteroatoms. The SMILES string of the molecule is CCOC(=O)c1cc2c(ccn2-c2ccc(F)cc2)n1CC(=O)NCC1CC1. The third-order valence-corrected chi connectivity index (χ3v) is 4.93. The molecule has 0 spiro atoms. The zero-order valence-electron chi connectivity index (χ0n) is 15.7. The lowest BCUT2D eigenvalue weighted by Crippen LogP contribution is -2.30. The third-order valence-electron chi connectivity index (χ3n) is 4.93. The van der Waals surface area contributed by atoms with Crippen molar-refractivity contribution in [3.63, 3.8) is 0 Å². The number of nitrogens with one attached hydrogen (secondary N) is 1. The summed E-state index contributed by atoms with van der Waals surface area (Å²) in [4.78, 5) is 24.9. The van der Waals surface area contributed by atoms with Crippen LogP contribution in [0.3, 0.4) is 0 Å². The van der Waals surface area contributed by atoms with Crippen LogP contribution in [0.25, 0.3) is 16.7 Å². The van der Waals surface area contributed by atoms with E-state index in [0.717, 1.165) is 29.6 Å². The van der Waals surface area contributed by atoms with E-state index < -0.39 is 5.97 Å². The van der Waals surface area contributed by atoms with Crippen LogP contribution in [-0.4, -0.2) is 34.2 Å². The topological polar surface area (TPSA) is 65.3 Å². The van der Waals surface area contributed by atoms with Crippen LogP contribution in [0.5, 0.6) is 0 Å². The smallest absolute Gasteiger partial charge is 0.355 e. The van der Waals surface area contributed by atoms with Crippen LogP contribution in [0.1, 0.15) is 30.3 Å². The molecular formula is C21H22FN3O3. The molecule has 0 unspecified atom stereocenters. The number of aromatic nitrogens is 2. The van der Waals surface area contributed by atoms with Crippen molar-refractivity contribution < 1.29 is 18.7 Å². The fraction of sp³-hybridized carbons (Fsp3) is 0.333. The fourth-order valence-corrected chi connectivity index (χ4v) is 3.29. The minimum Gasteiger partial charge on any atom is -0.461 e. The highest BCUT2D eigenvalue weighted by Crippen LogP contribution is 2.28. The maximum absolute atomic E-state index is 13.3. The monoisotopic (exact) mass is 383 g/mol. The van der Waals surface area contributed by atoms with Gasteiger partial charge in [-0.05, 0) is 62.1 Å². The minimum absolute atomic E-state index is 0.0395. The second-order valence-electron chi connectivity index (χ2n) is 7.02. The van der Waals surface area contributed by atoms with Gasteiger partial charge in [-0.3, -0.25) is 4.79 Å². The van der Waals surface area contributed by atoms with Crippen LogP contribution < -0.4 is 5.32 Å². The molecule has 2 heterocycles. The second-order valence-corrected chi connectivity index (χ2v) is 7.02. The number of benzene rings is 1. The number of ether oxygens (including phenoxy) is 1. The molecule has 0 saturated heterocycles. The van der Waals surface area contributed by atoms with E-state index in [1.807, 2.05) is 16.8 Å². The van der Waals surface area contributed by atoms with Crippen LogP contribution in [0.15, 0.2) is 42.6 Å². The third kappa shape index (κ3) is 3.65. The van der Waals surface area contributed by atoms with Crippen molar-refractivity contribution in [2.24, 2.45) is 5.92 Å². The normalized spacial score (nSPS) is 13.6. The number of carbonyl (C=O) groups is 2. The van der Waals surface area contributed by atoms with E-state index in [2.05, 4.69) is 5.32 Å². The molecule has 4 rings (SSSR count). The zero-order valence-corrected chi connectivity index (χ0v) is 15.7. The molecule has 28 heavy (non-hydrogen) atoms. The van der Waals surface area contributed by atoms with Gasteiger partial charge in [-0.2, -0.15) is 0 Å². The molecule has 1 amide bonds. The number of amides is 1. The Kier molecular flexibility index (Phi) is 4.90. The van der Waals surface area contributed by atoms with Gasteiger partial charge in [0.05, 0.1) is 17.6 Å². The van der Waals surface area contributed by atoms with Gasteiger partial charge in [0.1, 0.15) is 18.1 Å². The minimum atomic E-state index is -0.473. The van der Waals surface area contributed by atoms with Gasteiger partial charge < -0.3 is 19.2 Å². The largest absolute Gasteiger partial charge is 0.461 e. The maximum Gasteiger partial charge on any atom is 0.355 e. The van der Waals surface area contributed by atoms with Gasteiger partial charge in [-0.15, -0.1) is 0 Å². The Labute approximate surface area is 161 Å². The summed E-state index contributed by atoms with van der Waals surface area (Å²) in [5.74, 6) is -0.342. The summed E-state index contributed by atoms with van der Waals surface area (Å²) >= 11 is 0. The average molecular weight is 383 g/mol. The molecule has 1 aliphatic rings. The molecule has 1 aromatic carbocycles. The lowest BCUT2D eigenvalue weighted by atomic mass is 10.3. The number of hydrogen-bond acceptors (Lipinski definition) is 3. The molecule has 3 aromatic rings. The molecule has 6 nitrogen and oxygen atoms in total. The van der Waals surface area contributed by atoms with Gasteiger partial charge in [0, 0.05) is 18.4 Å². The Hall–Kier alpha value is -3.09. The highest BCUT2D eigenvalue weighted by molar-refractivity contribution is 5.96. The molecule has 146 valence electrons. The fourth-order valence-electron chi connectivity index (χ4n) is 3.29. The van der Waals surface area contributed by atoms with Crippen LogP contribution in [-0.2, 0) is 16.1 Å². The standard InChI is InChI=1S/C21H22FN3O3/c1-2-28-21(27)19-11-18-17(25(19)13-20(26)23-12-14-3-4-14)9-10-24(18)16-7-5-15(22)6-8-16/h5-11,14H,2-4,12-13H2,1H3,(H,23,26). The zero-order chi connectivity index (χ0) is 19.7. The van der Waals surface area contributed by atoms with E-state index in [1.165, 1.54) is 12.1 Å². The summed E-state index contributed by atoms with van der Waals surface area (Å²) in [6.45, 7) is 2.71. The van der Waals surface area contributed by atoms with Crippen LogP contribution in [0.4, 0.5) is 4.39 Å². The van der Waals surface area contributed by atoms with Crippen molar-refractivity contribution in [3.05, 3.63) is 54.1 Å². The summed E-state index contributed by atoms with van der Waals surface area (Å²) in [7, 11) is 0. The number of rotatable bonds is 7. The predicted octanol–water partition coefficient (Wildman–Crippen LogP) is 3.27. The molecule has 0 aliphatic heterocycles. The Morgan fingerprint density at radius 3 is 2.61 bits per heavy atom. The number of halogens is 1. The lowest BCUT2D eigenvalue weighted by molar-refractivity contribution is -0.121. The lowest BCUT2D eigenvalue weighted by Gasteiger charge is -2.10. The van der Waals surface area contributed by atoms with Crippen LogP contribution in [0.2, 0.25) is 0 Å². The quantitative estimate of drug-likeness (QED) is 0.637. The van der Waals surface area contributed by atoms with Crippen molar-refractivity contribution >= 4 is 22.9 Å². The Morgan fingerprint density at radius 1 is 1.18 bits per heavy atom. The maximum atomic E-state index is 13.3. The van der Waals surface area contributed by atoms with Crippen LogP contribution in [0, 0.1) is 11.7 Å². The molecule has 0 radical (unpaired) electrons. The molecule has 1 saturated carbocycles. The van der Waals surface area contributed by atoms with E-state index >= 15 is 0 Å². The van der Waals surface area contributed by atoms with Crippen molar-refractivity contribution in [3.8, 4) is 5.69 Å². The van der Waals surface area contributed by atoms with Gasteiger partial charge in [0.2, 0.25) is 5.91 Å². The highest BCUT2D eigenvalue weighted by atomic mass is 19.1. The summed E-state index contributed by atoms with van der Waals surface area (Å²) in [6.07, 6.45) is 4.15. The highest BCUT2D eigenvalue weighted by Gasteiger charge is 2.24. The van der Waals surface area contributed by atoms with Crippen molar-refractivity contribution in [2.75, 3.05) is 13.2 Å². The number of esters is 1. The summed E-state index contributed by atoms with van der Waals surface area (Å²) in [5, 5.41) is 2.93. The molecule has 0 bridgehead atoms. The molecule has 1 fully saturated rings. The molecule has 0 atom stereocenters. The molecular weight excluding hydrogens is 361 g/mol. The van der Waals surface area contributed by atoms with E-state index in [-0.39, 0.29) is 24.9 Å².